The van der Waals surface area contributed by atoms with Gasteiger partial charge in [0.05, 0.1) is 29.5 Å². The number of aryl methyl sites for hydroxylation is 1. The fourth-order valence-electron chi connectivity index (χ4n) is 3.13. The number of benzene rings is 2. The third-order valence-corrected chi connectivity index (χ3v) is 4.63. The number of nitrogen functional groups attached to an aromatic ring is 1. The zero-order valence-electron chi connectivity index (χ0n) is 18.7. The second-order valence-corrected chi connectivity index (χ2v) is 6.85. The Morgan fingerprint density at radius 1 is 1.06 bits per heavy atom. The summed E-state index contributed by atoms with van der Waals surface area (Å²) in [7, 11) is 0. The van der Waals surface area contributed by atoms with Crippen LogP contribution in [0.5, 0.6) is 0 Å². The predicted octanol–water partition coefficient (Wildman–Crippen LogP) is 4.55. The number of hydrogen-bond acceptors (Lipinski definition) is 6. The number of rotatable bonds is 3. The van der Waals surface area contributed by atoms with E-state index in [2.05, 4.69) is 30.2 Å². The predicted molar refractivity (Wildman–Crippen MR) is 130 cm³/mol. The Morgan fingerprint density at radius 3 is 2.55 bits per heavy atom. The van der Waals surface area contributed by atoms with Crippen molar-refractivity contribution in [3.63, 3.8) is 0 Å². The van der Waals surface area contributed by atoms with E-state index < -0.39 is 0 Å². The molecule has 0 radical (unpaired) electrons. The molecule has 2 aromatic carbocycles. The smallest absolute Gasteiger partial charge is 0.259 e. The molecule has 0 saturated carbocycles. The van der Waals surface area contributed by atoms with Gasteiger partial charge in [-0.1, -0.05) is 26.0 Å². The minimum Gasteiger partial charge on any atom is -0.399 e. The Labute approximate surface area is 190 Å². The Bertz CT molecular complexity index is 1370. The SMILES string of the molecule is CC.Cc1cccc2nc(CNc3ccnc4nc[nH]c34)[nH]c(=O)c12.Nc1ccc(F)cc1. The van der Waals surface area contributed by atoms with Gasteiger partial charge >= 0.3 is 0 Å². The largest absolute Gasteiger partial charge is 0.399 e. The first-order valence-corrected chi connectivity index (χ1v) is 10.5. The van der Waals surface area contributed by atoms with Crippen LogP contribution in [-0.4, -0.2) is 24.9 Å². The lowest BCUT2D eigenvalue weighted by atomic mass is 10.1. The van der Waals surface area contributed by atoms with Gasteiger partial charge in [-0.05, 0) is 48.9 Å². The molecule has 9 heteroatoms. The molecule has 0 aliphatic rings. The number of aromatic amines is 2. The summed E-state index contributed by atoms with van der Waals surface area (Å²) in [5, 5.41) is 3.89. The maximum Gasteiger partial charge on any atom is 0.259 e. The summed E-state index contributed by atoms with van der Waals surface area (Å²) in [5.41, 5.74) is 9.68. The lowest BCUT2D eigenvalue weighted by molar-refractivity contribution is 0.628. The molecule has 0 spiro atoms. The van der Waals surface area contributed by atoms with Crippen LogP contribution in [0.3, 0.4) is 0 Å². The van der Waals surface area contributed by atoms with Crippen LogP contribution in [0.15, 0.2) is 65.8 Å². The first kappa shape index (κ1) is 23.4. The molecule has 0 amide bonds. The van der Waals surface area contributed by atoms with E-state index in [1.54, 1.807) is 12.5 Å². The molecule has 33 heavy (non-hydrogen) atoms. The van der Waals surface area contributed by atoms with Gasteiger partial charge in [-0.15, -0.1) is 0 Å². The fraction of sp³-hybridized carbons (Fsp3) is 0.167. The van der Waals surface area contributed by atoms with E-state index >= 15 is 0 Å². The van der Waals surface area contributed by atoms with E-state index in [4.69, 9.17) is 5.73 Å². The van der Waals surface area contributed by atoms with Gasteiger partial charge in [0, 0.05) is 11.9 Å². The maximum atomic E-state index is 12.3. The van der Waals surface area contributed by atoms with E-state index in [0.29, 0.717) is 34.6 Å². The first-order chi connectivity index (χ1) is 16.0. The third kappa shape index (κ3) is 5.70. The van der Waals surface area contributed by atoms with E-state index in [1.807, 2.05) is 45.0 Å². The molecule has 5 aromatic rings. The minimum atomic E-state index is -0.251. The maximum absolute atomic E-state index is 12.3. The Balaban J connectivity index is 0.000000258. The van der Waals surface area contributed by atoms with E-state index in [9.17, 15) is 9.18 Å². The van der Waals surface area contributed by atoms with Gasteiger partial charge in [-0.2, -0.15) is 0 Å². The minimum absolute atomic E-state index is 0.119. The van der Waals surface area contributed by atoms with Crippen molar-refractivity contribution >= 4 is 33.4 Å². The van der Waals surface area contributed by atoms with E-state index in [1.165, 1.54) is 24.3 Å². The second-order valence-electron chi connectivity index (χ2n) is 6.85. The highest BCUT2D eigenvalue weighted by molar-refractivity contribution is 5.84. The number of fused-ring (bicyclic) bond motifs is 2. The topological polar surface area (TPSA) is 125 Å². The number of nitrogens with zero attached hydrogens (tertiary/aromatic N) is 3. The number of halogens is 1. The van der Waals surface area contributed by atoms with Crippen molar-refractivity contribution in [1.82, 2.24) is 24.9 Å². The van der Waals surface area contributed by atoms with Crippen molar-refractivity contribution < 1.29 is 4.39 Å². The molecule has 0 aliphatic carbocycles. The van der Waals surface area contributed by atoms with Crippen LogP contribution in [0.25, 0.3) is 22.1 Å². The van der Waals surface area contributed by atoms with Crippen molar-refractivity contribution in [3.05, 3.63) is 88.6 Å². The summed E-state index contributed by atoms with van der Waals surface area (Å²) < 4.78 is 12.0. The number of hydrogen-bond donors (Lipinski definition) is 4. The van der Waals surface area contributed by atoms with Crippen LogP contribution in [0.4, 0.5) is 15.8 Å². The average molecular weight is 448 g/mol. The molecule has 0 saturated heterocycles. The standard InChI is InChI=1S/C16H14N6O.C6H6FN.C2H6/c1-9-3-2-4-10-13(9)16(23)22-12(21-10)7-18-11-5-6-17-15-14(11)19-8-20-15;7-5-1-3-6(8)4-2-5;1-2/h2-6,8H,7H2,1H3,(H,21,22,23)(H2,17,18,19,20);1-4H,8H2;1-2H3. The zero-order valence-corrected chi connectivity index (χ0v) is 18.7. The molecule has 3 aromatic heterocycles. The highest BCUT2D eigenvalue weighted by Gasteiger charge is 2.08. The fourth-order valence-corrected chi connectivity index (χ4v) is 3.13. The number of nitrogens with one attached hydrogen (secondary N) is 3. The monoisotopic (exact) mass is 447 g/mol. The van der Waals surface area contributed by atoms with Crippen LogP contribution in [0, 0.1) is 12.7 Å². The summed E-state index contributed by atoms with van der Waals surface area (Å²) in [6.07, 6.45) is 3.28. The summed E-state index contributed by atoms with van der Waals surface area (Å²) in [6, 6.07) is 13.2. The second kappa shape index (κ2) is 10.9. The van der Waals surface area contributed by atoms with Crippen molar-refractivity contribution in [2.45, 2.75) is 27.3 Å². The third-order valence-electron chi connectivity index (χ3n) is 4.63. The van der Waals surface area contributed by atoms with Gasteiger partial charge in [0.15, 0.2) is 5.65 Å². The number of H-pyrrole nitrogens is 2. The van der Waals surface area contributed by atoms with Crippen molar-refractivity contribution in [1.29, 1.82) is 0 Å². The quantitative estimate of drug-likeness (QED) is 0.301. The zero-order chi connectivity index (χ0) is 23.8. The Morgan fingerprint density at radius 2 is 1.82 bits per heavy atom. The molecule has 8 nitrogen and oxygen atoms in total. The van der Waals surface area contributed by atoms with Gasteiger partial charge in [0.25, 0.3) is 5.56 Å². The summed E-state index contributed by atoms with van der Waals surface area (Å²) >= 11 is 0. The number of anilines is 2. The van der Waals surface area contributed by atoms with Crippen molar-refractivity contribution in [3.8, 4) is 0 Å². The van der Waals surface area contributed by atoms with E-state index in [-0.39, 0.29) is 11.4 Å². The molecule has 0 bridgehead atoms. The number of aromatic nitrogens is 5. The normalized spacial score (nSPS) is 10.2. The summed E-state index contributed by atoms with van der Waals surface area (Å²) in [5.74, 6) is 0.330. The molecule has 0 fully saturated rings. The lowest BCUT2D eigenvalue weighted by Gasteiger charge is -2.08. The van der Waals surface area contributed by atoms with Crippen molar-refractivity contribution in [2.24, 2.45) is 0 Å². The van der Waals surface area contributed by atoms with Gasteiger partial charge < -0.3 is 21.0 Å². The first-order valence-electron chi connectivity index (χ1n) is 10.5. The number of pyridine rings is 1. The van der Waals surface area contributed by atoms with Crippen LogP contribution >= 0.6 is 0 Å². The molecule has 5 rings (SSSR count). The molecule has 3 heterocycles. The molecule has 0 unspecified atom stereocenters. The van der Waals surface area contributed by atoms with Crippen LogP contribution in [0.1, 0.15) is 25.2 Å². The van der Waals surface area contributed by atoms with Gasteiger partial charge in [0.2, 0.25) is 0 Å². The van der Waals surface area contributed by atoms with Crippen LogP contribution in [-0.2, 0) is 6.54 Å². The van der Waals surface area contributed by atoms with E-state index in [0.717, 1.165) is 16.8 Å². The molecular weight excluding hydrogens is 421 g/mol. The Hall–Kier alpha value is -4.27. The highest BCUT2D eigenvalue weighted by atomic mass is 19.1. The molecule has 0 aliphatic heterocycles. The summed E-state index contributed by atoms with van der Waals surface area (Å²) in [6.45, 7) is 6.31. The summed E-state index contributed by atoms with van der Waals surface area (Å²) in [4.78, 5) is 30.9. The van der Waals surface area contributed by atoms with Crippen LogP contribution < -0.4 is 16.6 Å². The van der Waals surface area contributed by atoms with Gasteiger partial charge in [-0.25, -0.2) is 19.3 Å². The molecule has 170 valence electrons. The Kier molecular flexibility index (Phi) is 7.69. The van der Waals surface area contributed by atoms with Gasteiger partial charge in [0.1, 0.15) is 17.2 Å². The lowest BCUT2D eigenvalue weighted by Crippen LogP contribution is -2.15. The van der Waals surface area contributed by atoms with Gasteiger partial charge in [-0.3, -0.25) is 4.79 Å². The molecule has 5 N–H and O–H groups in total. The van der Waals surface area contributed by atoms with Crippen LogP contribution in [0.2, 0.25) is 0 Å². The number of nitrogens with two attached hydrogens (primary N) is 1. The molecular formula is C24H26FN7O. The average Bonchev–Trinajstić information content (AvgIpc) is 3.31. The number of imidazole rings is 1. The highest BCUT2D eigenvalue weighted by Crippen LogP contribution is 2.18. The van der Waals surface area contributed by atoms with Crippen molar-refractivity contribution in [2.75, 3.05) is 11.1 Å². The molecule has 0 atom stereocenters.